The molecule has 0 aromatic rings. The summed E-state index contributed by atoms with van der Waals surface area (Å²) >= 11 is 0. The van der Waals surface area contributed by atoms with Gasteiger partial charge in [-0.15, -0.1) is 6.58 Å². The lowest BCUT2D eigenvalue weighted by Gasteiger charge is -2.19. The number of hydrogen-bond acceptors (Lipinski definition) is 3. The zero-order valence-corrected chi connectivity index (χ0v) is 12.2. The molecule has 0 amide bonds. The van der Waals surface area contributed by atoms with Gasteiger partial charge in [-0.1, -0.05) is 25.2 Å². The smallest absolute Gasteiger partial charge is 0.133 e. The summed E-state index contributed by atoms with van der Waals surface area (Å²) in [7, 11) is 0. The molecule has 0 bridgehead atoms. The van der Waals surface area contributed by atoms with Crippen molar-refractivity contribution in [2.24, 2.45) is 23.7 Å². The standard InChI is InChI=1S/C17H26O3/c1-3-4-5-11(2)16(19)7-6-14-15-10-13(18)8-12(15)9-17(14)20/h3,6-7,11-12,14-17,19-20H,1,4-5,8-10H2,2H3. The third-order valence-corrected chi connectivity index (χ3v) is 4.98. The van der Waals surface area contributed by atoms with E-state index in [1.807, 2.05) is 25.2 Å². The van der Waals surface area contributed by atoms with Gasteiger partial charge in [0.05, 0.1) is 12.2 Å². The lowest BCUT2D eigenvalue weighted by atomic mass is 9.89. The zero-order valence-electron chi connectivity index (χ0n) is 12.2. The fourth-order valence-electron chi connectivity index (χ4n) is 3.67. The molecule has 0 saturated heterocycles. The van der Waals surface area contributed by atoms with Gasteiger partial charge in [0.25, 0.3) is 0 Å². The van der Waals surface area contributed by atoms with Gasteiger partial charge in [-0.3, -0.25) is 4.79 Å². The van der Waals surface area contributed by atoms with E-state index < -0.39 is 6.10 Å². The predicted octanol–water partition coefficient (Wildman–Crippen LogP) is 2.48. The average molecular weight is 278 g/mol. The van der Waals surface area contributed by atoms with Crippen molar-refractivity contribution in [3.8, 4) is 0 Å². The SMILES string of the molecule is C=CCCC(C)C(O)C=CC1C(O)CC2CC(=O)CC21. The van der Waals surface area contributed by atoms with Gasteiger partial charge in [-0.25, -0.2) is 0 Å². The minimum absolute atomic E-state index is 0.0349. The number of aliphatic hydroxyl groups is 2. The summed E-state index contributed by atoms with van der Waals surface area (Å²) in [6, 6.07) is 0. The van der Waals surface area contributed by atoms with Gasteiger partial charge in [0.1, 0.15) is 5.78 Å². The lowest BCUT2D eigenvalue weighted by Crippen LogP contribution is -2.20. The molecule has 2 saturated carbocycles. The van der Waals surface area contributed by atoms with Crippen LogP contribution in [-0.4, -0.2) is 28.2 Å². The molecule has 2 N–H and O–H groups in total. The van der Waals surface area contributed by atoms with Gasteiger partial charge in [-0.2, -0.15) is 0 Å². The summed E-state index contributed by atoms with van der Waals surface area (Å²) in [4.78, 5) is 11.5. The Morgan fingerprint density at radius 1 is 1.45 bits per heavy atom. The molecule has 0 aromatic carbocycles. The van der Waals surface area contributed by atoms with Crippen molar-refractivity contribution in [1.29, 1.82) is 0 Å². The number of hydrogen-bond donors (Lipinski definition) is 2. The van der Waals surface area contributed by atoms with Crippen molar-refractivity contribution >= 4 is 5.78 Å². The molecule has 2 aliphatic carbocycles. The van der Waals surface area contributed by atoms with Crippen LogP contribution in [0.15, 0.2) is 24.8 Å². The Morgan fingerprint density at radius 3 is 2.90 bits per heavy atom. The Labute approximate surface area is 121 Å². The second-order valence-corrected chi connectivity index (χ2v) is 6.47. The van der Waals surface area contributed by atoms with Crippen molar-refractivity contribution in [3.63, 3.8) is 0 Å². The van der Waals surface area contributed by atoms with Crippen molar-refractivity contribution in [3.05, 3.63) is 24.8 Å². The number of Topliss-reactive ketones (excluding diaryl/α,β-unsaturated/α-hetero) is 1. The molecule has 6 atom stereocenters. The van der Waals surface area contributed by atoms with Crippen LogP contribution in [0.25, 0.3) is 0 Å². The van der Waals surface area contributed by atoms with Crippen LogP contribution >= 0.6 is 0 Å². The Hall–Kier alpha value is -0.930. The molecule has 2 fully saturated rings. The van der Waals surface area contributed by atoms with Gasteiger partial charge in [0, 0.05) is 18.8 Å². The van der Waals surface area contributed by atoms with Crippen molar-refractivity contribution < 1.29 is 15.0 Å². The molecule has 20 heavy (non-hydrogen) atoms. The highest BCUT2D eigenvalue weighted by molar-refractivity contribution is 5.81. The molecule has 0 aliphatic heterocycles. The van der Waals surface area contributed by atoms with Gasteiger partial charge in [0.15, 0.2) is 0 Å². The van der Waals surface area contributed by atoms with Crippen LogP contribution in [-0.2, 0) is 4.79 Å². The maximum Gasteiger partial charge on any atom is 0.133 e. The van der Waals surface area contributed by atoms with Crippen molar-refractivity contribution in [1.82, 2.24) is 0 Å². The molecule has 2 aliphatic rings. The number of allylic oxidation sites excluding steroid dienone is 1. The number of fused-ring (bicyclic) bond motifs is 1. The van der Waals surface area contributed by atoms with Crippen LogP contribution in [0.2, 0.25) is 0 Å². The normalized spacial score (nSPS) is 36.2. The lowest BCUT2D eigenvalue weighted by molar-refractivity contribution is -0.118. The highest BCUT2D eigenvalue weighted by atomic mass is 16.3. The number of ketones is 1. The van der Waals surface area contributed by atoms with Gasteiger partial charge in [0.2, 0.25) is 0 Å². The van der Waals surface area contributed by atoms with Crippen LogP contribution in [0.3, 0.4) is 0 Å². The Kier molecular flexibility index (Phi) is 5.17. The highest BCUT2D eigenvalue weighted by Crippen LogP contribution is 2.46. The molecule has 112 valence electrons. The molecule has 3 heteroatoms. The topological polar surface area (TPSA) is 57.5 Å². The molecule has 6 unspecified atom stereocenters. The Bertz CT molecular complexity index is 388. The third-order valence-electron chi connectivity index (χ3n) is 4.98. The molecule has 2 rings (SSSR count). The van der Waals surface area contributed by atoms with E-state index in [1.54, 1.807) is 0 Å². The molecule has 0 radical (unpaired) electrons. The highest BCUT2D eigenvalue weighted by Gasteiger charge is 2.46. The number of carbonyl (C=O) groups excluding carboxylic acids is 1. The summed E-state index contributed by atoms with van der Waals surface area (Å²) in [5.74, 6) is 1.17. The first-order valence-electron chi connectivity index (χ1n) is 7.70. The molecule has 0 heterocycles. The number of aliphatic hydroxyl groups excluding tert-OH is 2. The van der Waals surface area contributed by atoms with E-state index in [9.17, 15) is 15.0 Å². The van der Waals surface area contributed by atoms with Crippen molar-refractivity contribution in [2.45, 2.75) is 51.2 Å². The van der Waals surface area contributed by atoms with E-state index in [0.29, 0.717) is 24.5 Å². The van der Waals surface area contributed by atoms with Crippen LogP contribution in [0.5, 0.6) is 0 Å². The molecule has 0 spiro atoms. The van der Waals surface area contributed by atoms with Gasteiger partial charge >= 0.3 is 0 Å². The third kappa shape index (κ3) is 3.39. The summed E-state index contributed by atoms with van der Waals surface area (Å²) in [6.07, 6.45) is 8.54. The number of carbonyl (C=O) groups is 1. The molecular formula is C17H26O3. The minimum atomic E-state index is -0.488. The van der Waals surface area contributed by atoms with E-state index in [0.717, 1.165) is 19.3 Å². The Balaban J connectivity index is 1.92. The monoisotopic (exact) mass is 278 g/mol. The van der Waals surface area contributed by atoms with Gasteiger partial charge < -0.3 is 10.2 Å². The number of rotatable bonds is 6. The van der Waals surface area contributed by atoms with E-state index in [2.05, 4.69) is 6.58 Å². The van der Waals surface area contributed by atoms with Crippen LogP contribution in [0.4, 0.5) is 0 Å². The van der Waals surface area contributed by atoms with Gasteiger partial charge in [-0.05, 0) is 37.0 Å². The summed E-state index contributed by atoms with van der Waals surface area (Å²) < 4.78 is 0. The van der Waals surface area contributed by atoms with Crippen molar-refractivity contribution in [2.75, 3.05) is 0 Å². The summed E-state index contributed by atoms with van der Waals surface area (Å²) in [5.41, 5.74) is 0. The maximum absolute atomic E-state index is 11.5. The fraction of sp³-hybridized carbons (Fsp3) is 0.706. The predicted molar refractivity (Wildman–Crippen MR) is 79.1 cm³/mol. The molecule has 3 nitrogen and oxygen atoms in total. The second-order valence-electron chi connectivity index (χ2n) is 6.47. The zero-order chi connectivity index (χ0) is 14.7. The second kappa shape index (κ2) is 6.68. The first-order chi connectivity index (χ1) is 9.52. The van der Waals surface area contributed by atoms with E-state index >= 15 is 0 Å². The van der Waals surface area contributed by atoms with Crippen LogP contribution in [0, 0.1) is 23.7 Å². The van der Waals surface area contributed by atoms with E-state index in [1.165, 1.54) is 0 Å². The van der Waals surface area contributed by atoms with Crippen LogP contribution < -0.4 is 0 Å². The van der Waals surface area contributed by atoms with Crippen LogP contribution in [0.1, 0.15) is 39.0 Å². The molecular weight excluding hydrogens is 252 g/mol. The quantitative estimate of drug-likeness (QED) is 0.734. The summed E-state index contributed by atoms with van der Waals surface area (Å²) in [5, 5.41) is 20.2. The minimum Gasteiger partial charge on any atom is -0.392 e. The van der Waals surface area contributed by atoms with E-state index in [-0.39, 0.29) is 23.9 Å². The maximum atomic E-state index is 11.5. The Morgan fingerprint density at radius 2 is 2.20 bits per heavy atom. The van der Waals surface area contributed by atoms with E-state index in [4.69, 9.17) is 0 Å². The first kappa shape index (κ1) is 15.5. The average Bonchev–Trinajstić information content (AvgIpc) is 2.88. The first-order valence-corrected chi connectivity index (χ1v) is 7.70. The fourth-order valence-corrected chi connectivity index (χ4v) is 3.67. The summed E-state index contributed by atoms with van der Waals surface area (Å²) in [6.45, 7) is 5.71. The largest absolute Gasteiger partial charge is 0.392 e. The molecule has 0 aromatic heterocycles.